The van der Waals surface area contributed by atoms with Crippen molar-refractivity contribution >= 4 is 33.4 Å². The zero-order chi connectivity index (χ0) is 14.7. The summed E-state index contributed by atoms with van der Waals surface area (Å²) in [4.78, 5) is 12.5. The van der Waals surface area contributed by atoms with Crippen LogP contribution in [0.1, 0.15) is 38.5 Å². The van der Waals surface area contributed by atoms with Gasteiger partial charge in [-0.25, -0.2) is 4.68 Å². The zero-order valence-electron chi connectivity index (χ0n) is 12.2. The predicted molar refractivity (Wildman–Crippen MR) is 92.1 cm³/mol. The summed E-state index contributed by atoms with van der Waals surface area (Å²) < 4.78 is 2.41. The lowest BCUT2D eigenvalue weighted by atomic mass is 9.85. The van der Waals surface area contributed by atoms with Crippen LogP contribution in [0.3, 0.4) is 0 Å². The molecule has 6 heteroatoms. The van der Waals surface area contributed by atoms with Gasteiger partial charge in [-0.05, 0) is 53.3 Å². The molecule has 1 aliphatic heterocycles. The summed E-state index contributed by atoms with van der Waals surface area (Å²) in [5, 5.41) is 8.25. The molecule has 1 aliphatic carbocycles. The van der Waals surface area contributed by atoms with Crippen molar-refractivity contribution in [2.75, 3.05) is 17.6 Å². The van der Waals surface area contributed by atoms with Crippen molar-refractivity contribution in [1.82, 2.24) is 9.78 Å². The molecule has 0 aromatic carbocycles. The highest BCUT2D eigenvalue weighted by Crippen LogP contribution is 2.28. The molecule has 2 fully saturated rings. The van der Waals surface area contributed by atoms with Gasteiger partial charge in [0, 0.05) is 18.3 Å². The average Bonchev–Trinajstić information content (AvgIpc) is 2.45. The van der Waals surface area contributed by atoms with Crippen molar-refractivity contribution < 1.29 is 0 Å². The Bertz CT molecular complexity index is 538. The molecule has 1 aromatic heterocycles. The summed E-state index contributed by atoms with van der Waals surface area (Å²) in [5.74, 6) is 1.88. The number of rotatable bonds is 5. The van der Waals surface area contributed by atoms with E-state index >= 15 is 0 Å². The third-order valence-electron chi connectivity index (χ3n) is 4.43. The van der Waals surface area contributed by atoms with Crippen LogP contribution in [0.5, 0.6) is 0 Å². The van der Waals surface area contributed by atoms with Gasteiger partial charge in [0.25, 0.3) is 5.56 Å². The number of nitrogens with zero attached hydrogens (tertiary/aromatic N) is 2. The predicted octanol–water partition coefficient (Wildman–Crippen LogP) is 3.50. The monoisotopic (exact) mass is 371 g/mol. The van der Waals surface area contributed by atoms with Gasteiger partial charge in [-0.3, -0.25) is 4.79 Å². The van der Waals surface area contributed by atoms with Crippen LogP contribution >= 0.6 is 27.7 Å². The van der Waals surface area contributed by atoms with Crippen molar-refractivity contribution in [3.63, 3.8) is 0 Å². The van der Waals surface area contributed by atoms with E-state index in [1.807, 2.05) is 11.8 Å². The Morgan fingerprint density at radius 3 is 2.86 bits per heavy atom. The largest absolute Gasteiger partial charge is 0.378 e. The first-order valence-electron chi connectivity index (χ1n) is 7.85. The molecule has 2 aliphatic rings. The lowest BCUT2D eigenvalue weighted by molar-refractivity contribution is 0.262. The molecule has 0 spiro atoms. The first-order valence-corrected chi connectivity index (χ1v) is 9.69. The van der Waals surface area contributed by atoms with Crippen molar-refractivity contribution in [2.24, 2.45) is 5.92 Å². The quantitative estimate of drug-likeness (QED) is 0.860. The van der Waals surface area contributed by atoms with E-state index < -0.39 is 0 Å². The number of anilines is 1. The average molecular weight is 372 g/mol. The molecule has 21 heavy (non-hydrogen) atoms. The van der Waals surface area contributed by atoms with E-state index in [0.29, 0.717) is 16.9 Å². The second-order valence-electron chi connectivity index (χ2n) is 6.02. The number of thioether (sulfide) groups is 1. The van der Waals surface area contributed by atoms with Gasteiger partial charge in [0.2, 0.25) is 0 Å². The third kappa shape index (κ3) is 3.83. The van der Waals surface area contributed by atoms with E-state index in [0.717, 1.165) is 17.6 Å². The highest BCUT2D eigenvalue weighted by molar-refractivity contribution is 9.10. The van der Waals surface area contributed by atoms with Gasteiger partial charge >= 0.3 is 0 Å². The molecule has 1 saturated heterocycles. The van der Waals surface area contributed by atoms with Crippen LogP contribution in [0.2, 0.25) is 0 Å². The smallest absolute Gasteiger partial charge is 0.291 e. The maximum Gasteiger partial charge on any atom is 0.291 e. The van der Waals surface area contributed by atoms with Crippen molar-refractivity contribution in [3.8, 4) is 0 Å². The number of halogens is 1. The Hall–Kier alpha value is -0.490. The molecule has 1 N–H and O–H groups in total. The van der Waals surface area contributed by atoms with E-state index in [9.17, 15) is 4.79 Å². The highest BCUT2D eigenvalue weighted by Gasteiger charge is 2.21. The first-order chi connectivity index (χ1) is 10.2. The van der Waals surface area contributed by atoms with E-state index in [1.165, 1.54) is 44.3 Å². The van der Waals surface area contributed by atoms with Gasteiger partial charge in [-0.2, -0.15) is 16.9 Å². The van der Waals surface area contributed by atoms with Crippen LogP contribution in [0.4, 0.5) is 5.69 Å². The molecule has 116 valence electrons. The molecule has 4 nitrogen and oxygen atoms in total. The Morgan fingerprint density at radius 1 is 1.33 bits per heavy atom. The van der Waals surface area contributed by atoms with Crippen LogP contribution in [-0.2, 0) is 6.54 Å². The molecule has 1 saturated carbocycles. The summed E-state index contributed by atoms with van der Waals surface area (Å²) in [6.45, 7) is 1.63. The van der Waals surface area contributed by atoms with Gasteiger partial charge in [-0.1, -0.05) is 12.8 Å². The number of hydrogen-bond donors (Lipinski definition) is 1. The van der Waals surface area contributed by atoms with Gasteiger partial charge < -0.3 is 5.32 Å². The maximum atomic E-state index is 12.5. The molecule has 2 heterocycles. The Balaban J connectivity index is 1.67. The van der Waals surface area contributed by atoms with Crippen molar-refractivity contribution in [1.29, 1.82) is 0 Å². The molecule has 3 rings (SSSR count). The highest BCUT2D eigenvalue weighted by atomic mass is 79.9. The zero-order valence-corrected chi connectivity index (χ0v) is 14.6. The number of nitrogens with one attached hydrogen (secondary N) is 1. The standard InChI is InChI=1S/C15H22BrN3OS/c16-13-9-18-19(10-11-4-3-5-11)15(20)14(13)17-8-12-6-1-2-7-21-12/h9,11-12,17H,1-8,10H2. The lowest BCUT2D eigenvalue weighted by Gasteiger charge is -2.26. The summed E-state index contributed by atoms with van der Waals surface area (Å²) in [6.07, 6.45) is 9.38. The fourth-order valence-corrected chi connectivity index (χ4v) is 4.50. The summed E-state index contributed by atoms with van der Waals surface area (Å²) in [7, 11) is 0. The third-order valence-corrected chi connectivity index (χ3v) is 6.43. The molecular weight excluding hydrogens is 350 g/mol. The van der Waals surface area contributed by atoms with Gasteiger partial charge in [-0.15, -0.1) is 0 Å². The summed E-state index contributed by atoms with van der Waals surface area (Å²) in [6, 6.07) is 0. The van der Waals surface area contributed by atoms with Gasteiger partial charge in [0.15, 0.2) is 0 Å². The fraction of sp³-hybridized carbons (Fsp3) is 0.733. The summed E-state index contributed by atoms with van der Waals surface area (Å²) in [5.41, 5.74) is 0.688. The molecule has 1 unspecified atom stereocenters. The first kappa shape index (κ1) is 15.4. The number of hydrogen-bond acceptors (Lipinski definition) is 4. The van der Waals surface area contributed by atoms with Crippen LogP contribution in [-0.4, -0.2) is 27.3 Å². The van der Waals surface area contributed by atoms with Gasteiger partial charge in [0.05, 0.1) is 10.7 Å². The Morgan fingerprint density at radius 2 is 2.19 bits per heavy atom. The molecule has 1 aromatic rings. The summed E-state index contributed by atoms with van der Waals surface area (Å²) >= 11 is 5.48. The molecule has 0 amide bonds. The SMILES string of the molecule is O=c1c(NCC2CCCCS2)c(Br)cnn1CC1CCC1. The van der Waals surface area contributed by atoms with Crippen molar-refractivity contribution in [3.05, 3.63) is 21.0 Å². The van der Waals surface area contributed by atoms with Crippen LogP contribution < -0.4 is 10.9 Å². The molecule has 0 radical (unpaired) electrons. The minimum atomic E-state index is 0.0112. The minimum Gasteiger partial charge on any atom is -0.378 e. The van der Waals surface area contributed by atoms with E-state index in [4.69, 9.17) is 0 Å². The van der Waals surface area contributed by atoms with E-state index in [1.54, 1.807) is 10.9 Å². The maximum absolute atomic E-state index is 12.5. The van der Waals surface area contributed by atoms with E-state index in [-0.39, 0.29) is 5.56 Å². The molecular formula is C15H22BrN3OS. The second-order valence-corrected chi connectivity index (χ2v) is 8.28. The molecule has 1 atom stereocenters. The van der Waals surface area contributed by atoms with Crippen LogP contribution in [0, 0.1) is 5.92 Å². The van der Waals surface area contributed by atoms with E-state index in [2.05, 4.69) is 26.3 Å². The Labute approximate surface area is 138 Å². The normalized spacial score (nSPS) is 22.8. The van der Waals surface area contributed by atoms with Crippen LogP contribution in [0.25, 0.3) is 0 Å². The number of aromatic nitrogens is 2. The lowest BCUT2D eigenvalue weighted by Crippen LogP contribution is -2.32. The van der Waals surface area contributed by atoms with Crippen LogP contribution in [0.15, 0.2) is 15.5 Å². The second kappa shape index (κ2) is 7.18. The minimum absolute atomic E-state index is 0.0112. The molecule has 0 bridgehead atoms. The topological polar surface area (TPSA) is 46.9 Å². The van der Waals surface area contributed by atoms with Crippen molar-refractivity contribution in [2.45, 2.75) is 50.3 Å². The Kier molecular flexibility index (Phi) is 5.27. The fourth-order valence-electron chi connectivity index (χ4n) is 2.86. The van der Waals surface area contributed by atoms with Gasteiger partial charge in [0.1, 0.15) is 5.69 Å².